The molecule has 0 spiro atoms. The van der Waals surface area contributed by atoms with Crippen LogP contribution >= 0.6 is 0 Å². The van der Waals surface area contributed by atoms with E-state index in [0.717, 1.165) is 0 Å². The van der Waals surface area contributed by atoms with Crippen LogP contribution in [0.3, 0.4) is 0 Å². The highest BCUT2D eigenvalue weighted by Crippen LogP contribution is 2.21. The number of hydrogen-bond acceptors (Lipinski definition) is 2. The van der Waals surface area contributed by atoms with Gasteiger partial charge in [-0.15, -0.1) is 0 Å². The third-order valence-corrected chi connectivity index (χ3v) is 2.66. The van der Waals surface area contributed by atoms with Crippen molar-refractivity contribution in [3.63, 3.8) is 0 Å². The van der Waals surface area contributed by atoms with Gasteiger partial charge in [0.1, 0.15) is 0 Å². The Bertz CT molecular complexity index is 298. The lowest BCUT2D eigenvalue weighted by Crippen LogP contribution is -2.34. The first-order valence-corrected chi connectivity index (χ1v) is 5.58. The molecule has 2 nitrogen and oxygen atoms in total. The van der Waals surface area contributed by atoms with Gasteiger partial charge in [0.05, 0.1) is 0 Å². The van der Waals surface area contributed by atoms with E-state index in [1.54, 1.807) is 0 Å². The summed E-state index contributed by atoms with van der Waals surface area (Å²) in [6, 6.07) is 7.11. The van der Waals surface area contributed by atoms with Gasteiger partial charge in [0, 0.05) is 18.6 Å². The Balaban J connectivity index is 3.00. The molecule has 0 aliphatic rings. The van der Waals surface area contributed by atoms with Gasteiger partial charge < -0.3 is 11.1 Å². The SMILES string of the molecule is Cc1cccc(C)c1C(CN)NC(C)C. The van der Waals surface area contributed by atoms with Gasteiger partial charge in [0.15, 0.2) is 0 Å². The second-order valence-corrected chi connectivity index (χ2v) is 4.42. The van der Waals surface area contributed by atoms with Gasteiger partial charge in [-0.3, -0.25) is 0 Å². The van der Waals surface area contributed by atoms with Crippen molar-refractivity contribution in [2.45, 2.75) is 39.8 Å². The molecule has 1 aromatic rings. The van der Waals surface area contributed by atoms with E-state index in [9.17, 15) is 0 Å². The molecule has 0 amide bonds. The summed E-state index contributed by atoms with van der Waals surface area (Å²) in [5.74, 6) is 0. The van der Waals surface area contributed by atoms with Crippen molar-refractivity contribution >= 4 is 0 Å². The van der Waals surface area contributed by atoms with E-state index in [4.69, 9.17) is 5.73 Å². The highest BCUT2D eigenvalue weighted by molar-refractivity contribution is 5.36. The zero-order valence-corrected chi connectivity index (χ0v) is 10.2. The predicted molar refractivity (Wildman–Crippen MR) is 66.0 cm³/mol. The molecular weight excluding hydrogens is 184 g/mol. The molecule has 3 N–H and O–H groups in total. The van der Waals surface area contributed by atoms with Gasteiger partial charge >= 0.3 is 0 Å². The molecule has 84 valence electrons. The van der Waals surface area contributed by atoms with Crippen molar-refractivity contribution < 1.29 is 0 Å². The molecule has 0 saturated heterocycles. The standard InChI is InChI=1S/C13H22N2/c1-9(2)15-12(8-14)13-10(3)6-5-7-11(13)4/h5-7,9,12,15H,8,14H2,1-4H3. The lowest BCUT2D eigenvalue weighted by molar-refractivity contribution is 0.480. The molecule has 1 aromatic carbocycles. The summed E-state index contributed by atoms with van der Waals surface area (Å²) in [5.41, 5.74) is 9.82. The first-order chi connectivity index (χ1) is 7.06. The van der Waals surface area contributed by atoms with Gasteiger partial charge in [-0.05, 0) is 30.5 Å². The second-order valence-electron chi connectivity index (χ2n) is 4.42. The summed E-state index contributed by atoms with van der Waals surface area (Å²) < 4.78 is 0. The Hall–Kier alpha value is -0.860. The predicted octanol–water partition coefficient (Wildman–Crippen LogP) is 2.30. The van der Waals surface area contributed by atoms with E-state index < -0.39 is 0 Å². The molecule has 0 bridgehead atoms. The Kier molecular flexibility index (Phi) is 4.30. The average Bonchev–Trinajstić information content (AvgIpc) is 2.15. The second kappa shape index (κ2) is 5.29. The maximum absolute atomic E-state index is 5.83. The zero-order valence-electron chi connectivity index (χ0n) is 10.2. The van der Waals surface area contributed by atoms with Crippen molar-refractivity contribution in [3.05, 3.63) is 34.9 Å². The summed E-state index contributed by atoms with van der Waals surface area (Å²) in [4.78, 5) is 0. The number of nitrogens with two attached hydrogens (primary N) is 1. The van der Waals surface area contributed by atoms with Crippen molar-refractivity contribution in [2.24, 2.45) is 5.73 Å². The highest BCUT2D eigenvalue weighted by atomic mass is 15.0. The Morgan fingerprint density at radius 3 is 2.13 bits per heavy atom. The van der Waals surface area contributed by atoms with Gasteiger partial charge in [0.25, 0.3) is 0 Å². The monoisotopic (exact) mass is 206 g/mol. The number of hydrogen-bond donors (Lipinski definition) is 2. The van der Waals surface area contributed by atoms with Crippen molar-refractivity contribution in [1.82, 2.24) is 5.32 Å². The van der Waals surface area contributed by atoms with Crippen molar-refractivity contribution in [1.29, 1.82) is 0 Å². The molecule has 1 atom stereocenters. The van der Waals surface area contributed by atoms with Crippen LogP contribution in [-0.4, -0.2) is 12.6 Å². The molecule has 0 radical (unpaired) electrons. The fourth-order valence-corrected chi connectivity index (χ4v) is 2.05. The van der Waals surface area contributed by atoms with Gasteiger partial charge in [0.2, 0.25) is 0 Å². The first kappa shape index (κ1) is 12.2. The molecule has 2 heteroatoms. The third kappa shape index (κ3) is 3.05. The lowest BCUT2D eigenvalue weighted by Gasteiger charge is -2.23. The molecular formula is C13H22N2. The number of nitrogens with one attached hydrogen (secondary N) is 1. The van der Waals surface area contributed by atoms with Crippen LogP contribution in [0, 0.1) is 13.8 Å². The summed E-state index contributed by atoms with van der Waals surface area (Å²) in [7, 11) is 0. The maximum atomic E-state index is 5.83. The number of benzene rings is 1. The Labute approximate surface area is 92.9 Å². The van der Waals surface area contributed by atoms with E-state index in [2.05, 4.69) is 51.2 Å². The minimum Gasteiger partial charge on any atom is -0.329 e. The fraction of sp³-hybridized carbons (Fsp3) is 0.538. The largest absolute Gasteiger partial charge is 0.329 e. The fourth-order valence-electron chi connectivity index (χ4n) is 2.05. The van der Waals surface area contributed by atoms with Crippen LogP contribution in [0.4, 0.5) is 0 Å². The van der Waals surface area contributed by atoms with Crippen molar-refractivity contribution in [3.8, 4) is 0 Å². The van der Waals surface area contributed by atoms with Gasteiger partial charge in [-0.1, -0.05) is 32.0 Å². The van der Waals surface area contributed by atoms with E-state index in [1.165, 1.54) is 16.7 Å². The highest BCUT2D eigenvalue weighted by Gasteiger charge is 2.14. The topological polar surface area (TPSA) is 38.0 Å². The van der Waals surface area contributed by atoms with Crippen LogP contribution in [0.25, 0.3) is 0 Å². The molecule has 15 heavy (non-hydrogen) atoms. The Morgan fingerprint density at radius 1 is 1.20 bits per heavy atom. The number of rotatable bonds is 4. The average molecular weight is 206 g/mol. The van der Waals surface area contributed by atoms with E-state index in [1.807, 2.05) is 0 Å². The summed E-state index contributed by atoms with van der Waals surface area (Å²) in [6.45, 7) is 9.23. The maximum Gasteiger partial charge on any atom is 0.0451 e. The molecule has 0 aromatic heterocycles. The van der Waals surface area contributed by atoms with Crippen LogP contribution < -0.4 is 11.1 Å². The molecule has 0 heterocycles. The van der Waals surface area contributed by atoms with Crippen LogP contribution in [0.1, 0.15) is 36.6 Å². The summed E-state index contributed by atoms with van der Waals surface area (Å²) >= 11 is 0. The quantitative estimate of drug-likeness (QED) is 0.793. The molecule has 0 fully saturated rings. The summed E-state index contributed by atoms with van der Waals surface area (Å²) in [6.07, 6.45) is 0. The van der Waals surface area contributed by atoms with E-state index >= 15 is 0 Å². The van der Waals surface area contributed by atoms with Gasteiger partial charge in [-0.25, -0.2) is 0 Å². The van der Waals surface area contributed by atoms with E-state index in [-0.39, 0.29) is 6.04 Å². The van der Waals surface area contributed by atoms with Gasteiger partial charge in [-0.2, -0.15) is 0 Å². The normalized spacial score (nSPS) is 13.2. The Morgan fingerprint density at radius 2 is 1.73 bits per heavy atom. The minimum absolute atomic E-state index is 0.270. The number of aryl methyl sites for hydroxylation is 2. The smallest absolute Gasteiger partial charge is 0.0451 e. The lowest BCUT2D eigenvalue weighted by atomic mass is 9.96. The zero-order chi connectivity index (χ0) is 11.4. The first-order valence-electron chi connectivity index (χ1n) is 5.58. The molecule has 0 aliphatic carbocycles. The third-order valence-electron chi connectivity index (χ3n) is 2.66. The molecule has 0 aliphatic heterocycles. The minimum atomic E-state index is 0.270. The van der Waals surface area contributed by atoms with Crippen LogP contribution in [0.5, 0.6) is 0 Å². The van der Waals surface area contributed by atoms with Crippen molar-refractivity contribution in [2.75, 3.05) is 6.54 Å². The van der Waals surface area contributed by atoms with Crippen LogP contribution in [0.2, 0.25) is 0 Å². The summed E-state index contributed by atoms with van der Waals surface area (Å²) in [5, 5.41) is 3.50. The molecule has 1 rings (SSSR count). The van der Waals surface area contributed by atoms with Crippen LogP contribution in [0.15, 0.2) is 18.2 Å². The molecule has 0 saturated carbocycles. The molecule has 1 unspecified atom stereocenters. The van der Waals surface area contributed by atoms with Crippen LogP contribution in [-0.2, 0) is 0 Å². The van der Waals surface area contributed by atoms with E-state index in [0.29, 0.717) is 12.6 Å².